The van der Waals surface area contributed by atoms with E-state index >= 15 is 0 Å². The van der Waals surface area contributed by atoms with Gasteiger partial charge in [0.15, 0.2) is 0 Å². The van der Waals surface area contributed by atoms with Crippen molar-refractivity contribution in [3.63, 3.8) is 0 Å². The molecule has 42 valence electrons. The summed E-state index contributed by atoms with van der Waals surface area (Å²) in [5.41, 5.74) is 0. The summed E-state index contributed by atoms with van der Waals surface area (Å²) in [6.07, 6.45) is 0. The van der Waals surface area contributed by atoms with Crippen molar-refractivity contribution in [3.05, 3.63) is 12.4 Å². The summed E-state index contributed by atoms with van der Waals surface area (Å²) in [4.78, 5) is 9.22. The zero-order chi connectivity index (χ0) is 5.15. The molecule has 0 bridgehead atoms. The molecule has 4 N–H and O–H groups in total. The van der Waals surface area contributed by atoms with Crippen LogP contribution in [0, 0.1) is 0 Å². The van der Waals surface area contributed by atoms with Gasteiger partial charge in [0.05, 0.1) is 0 Å². The van der Waals surface area contributed by atoms with Gasteiger partial charge < -0.3 is 11.3 Å². The van der Waals surface area contributed by atoms with Gasteiger partial charge in [0, 0.05) is 0 Å². The number of aliphatic carboxylic acids is 1. The third-order valence-corrected chi connectivity index (χ3v) is 0.232. The Hall–Kier alpha value is -0.900. The fraction of sp³-hybridized carbons (Fsp3) is 0. The summed E-state index contributed by atoms with van der Waals surface area (Å²) in [7, 11) is 0. The van der Waals surface area contributed by atoms with E-state index in [1.165, 1.54) is 0 Å². The average molecular weight is 107 g/mol. The zero-order valence-electron chi connectivity index (χ0n) is 3.65. The molecule has 0 aromatic rings. The Labute approximate surface area is 40.0 Å². The molecule has 0 heterocycles. The van der Waals surface area contributed by atoms with Gasteiger partial charge in [-0.15, -0.1) is 0 Å². The molecule has 0 amide bonds. The molecule has 0 saturated heterocycles. The minimum atomic E-state index is -1.60. The van der Waals surface area contributed by atoms with Crippen LogP contribution in [0.5, 0.6) is 0 Å². The smallest absolute Gasteiger partial charge is 0.364 e. The third kappa shape index (κ3) is 5.10. The van der Waals surface area contributed by atoms with E-state index in [0.29, 0.717) is 0 Å². The predicted octanol–water partition coefficient (Wildman–Crippen LogP) is 0.716. The monoisotopic (exact) mass is 107 g/mol. The summed E-state index contributed by atoms with van der Waals surface area (Å²) in [6.45, 7) is 2.49. The SMILES string of the molecule is C=C(F)C(=O)O.N. The van der Waals surface area contributed by atoms with Crippen molar-refractivity contribution >= 4 is 5.97 Å². The molecule has 0 unspecified atom stereocenters. The minimum Gasteiger partial charge on any atom is -0.476 e. The van der Waals surface area contributed by atoms with E-state index in [-0.39, 0.29) is 6.15 Å². The van der Waals surface area contributed by atoms with Crippen LogP contribution < -0.4 is 6.15 Å². The summed E-state index contributed by atoms with van der Waals surface area (Å²) in [6, 6.07) is 0. The van der Waals surface area contributed by atoms with E-state index in [0.717, 1.165) is 0 Å². The number of rotatable bonds is 1. The summed E-state index contributed by atoms with van der Waals surface area (Å²) >= 11 is 0. The van der Waals surface area contributed by atoms with Gasteiger partial charge >= 0.3 is 5.97 Å². The average Bonchev–Trinajstić information content (AvgIpc) is 1.36. The van der Waals surface area contributed by atoms with E-state index in [1.54, 1.807) is 0 Å². The number of hydrogen-bond donors (Lipinski definition) is 2. The van der Waals surface area contributed by atoms with Crippen molar-refractivity contribution in [2.75, 3.05) is 0 Å². The van der Waals surface area contributed by atoms with Crippen LogP contribution in [-0.4, -0.2) is 11.1 Å². The highest BCUT2D eigenvalue weighted by atomic mass is 19.1. The van der Waals surface area contributed by atoms with Gasteiger partial charge in [-0.05, 0) is 0 Å². The standard InChI is InChI=1S/C3H3FO2.H3N/c1-2(4)3(5)6;/h1H2,(H,5,6);1H3. The van der Waals surface area contributed by atoms with E-state index in [4.69, 9.17) is 5.11 Å². The molecule has 0 aliphatic rings. The molecule has 0 aromatic heterocycles. The Morgan fingerprint density at radius 3 is 1.86 bits per heavy atom. The Bertz CT molecular complexity index is 78.9. The zero-order valence-corrected chi connectivity index (χ0v) is 3.65. The Kier molecular flexibility index (Phi) is 4.44. The quantitative estimate of drug-likeness (QED) is 0.485. The van der Waals surface area contributed by atoms with E-state index in [2.05, 4.69) is 6.58 Å². The molecule has 0 radical (unpaired) electrons. The summed E-state index contributed by atoms with van der Waals surface area (Å²) in [5, 5.41) is 7.52. The van der Waals surface area contributed by atoms with Crippen LogP contribution in [0.2, 0.25) is 0 Å². The van der Waals surface area contributed by atoms with Gasteiger partial charge in [0.25, 0.3) is 0 Å². The Morgan fingerprint density at radius 2 is 1.86 bits per heavy atom. The maximum atomic E-state index is 11.0. The lowest BCUT2D eigenvalue weighted by molar-refractivity contribution is -0.134. The number of carboxylic acids is 1. The first-order valence-electron chi connectivity index (χ1n) is 1.22. The van der Waals surface area contributed by atoms with Gasteiger partial charge in [-0.1, -0.05) is 6.58 Å². The van der Waals surface area contributed by atoms with Crippen LogP contribution >= 0.6 is 0 Å². The molecule has 0 atom stereocenters. The van der Waals surface area contributed by atoms with Crippen molar-refractivity contribution in [2.45, 2.75) is 0 Å². The molecule has 0 aromatic carbocycles. The molecule has 3 nitrogen and oxygen atoms in total. The van der Waals surface area contributed by atoms with Crippen LogP contribution in [0.1, 0.15) is 0 Å². The molecule has 0 spiro atoms. The van der Waals surface area contributed by atoms with Gasteiger partial charge in [-0.2, -0.15) is 4.39 Å². The number of carboxylic acid groups (broad SMARTS) is 1. The maximum absolute atomic E-state index is 11.0. The molecule has 0 rings (SSSR count). The number of halogens is 1. The second kappa shape index (κ2) is 3.30. The largest absolute Gasteiger partial charge is 0.476 e. The van der Waals surface area contributed by atoms with E-state index in [1.807, 2.05) is 0 Å². The number of hydrogen-bond acceptors (Lipinski definition) is 2. The van der Waals surface area contributed by atoms with E-state index < -0.39 is 11.8 Å². The minimum absolute atomic E-state index is 0. The molecule has 4 heteroatoms. The molecule has 0 aliphatic heterocycles. The topological polar surface area (TPSA) is 72.3 Å². The van der Waals surface area contributed by atoms with Crippen molar-refractivity contribution in [1.29, 1.82) is 0 Å². The molecule has 0 aliphatic carbocycles. The molecule has 0 saturated carbocycles. The Morgan fingerprint density at radius 1 is 1.71 bits per heavy atom. The first kappa shape index (κ1) is 9.44. The lowest BCUT2D eigenvalue weighted by Gasteiger charge is -1.75. The van der Waals surface area contributed by atoms with Gasteiger partial charge in [-0.3, -0.25) is 0 Å². The van der Waals surface area contributed by atoms with Crippen molar-refractivity contribution in [3.8, 4) is 0 Å². The lowest BCUT2D eigenvalue weighted by atomic mass is 10.6. The molecule has 0 fully saturated rings. The first-order chi connectivity index (χ1) is 2.64. The number of carbonyl (C=O) groups is 1. The van der Waals surface area contributed by atoms with Crippen molar-refractivity contribution in [2.24, 2.45) is 0 Å². The van der Waals surface area contributed by atoms with E-state index in [9.17, 15) is 9.18 Å². The second-order valence-electron chi connectivity index (χ2n) is 0.710. The van der Waals surface area contributed by atoms with Crippen LogP contribution in [0.4, 0.5) is 4.39 Å². The molecular formula is C3H6FNO2. The van der Waals surface area contributed by atoms with Gasteiger partial charge in [0.1, 0.15) is 0 Å². The Balaban J connectivity index is 0. The van der Waals surface area contributed by atoms with Crippen LogP contribution in [-0.2, 0) is 4.79 Å². The predicted molar refractivity (Wildman–Crippen MR) is 22.9 cm³/mol. The van der Waals surface area contributed by atoms with Crippen LogP contribution in [0.15, 0.2) is 12.4 Å². The highest BCUT2D eigenvalue weighted by molar-refractivity contribution is 5.82. The highest BCUT2D eigenvalue weighted by Gasteiger charge is 1.96. The molecular weight excluding hydrogens is 101 g/mol. The van der Waals surface area contributed by atoms with Crippen LogP contribution in [0.3, 0.4) is 0 Å². The van der Waals surface area contributed by atoms with Crippen molar-refractivity contribution in [1.82, 2.24) is 6.15 Å². The highest BCUT2D eigenvalue weighted by Crippen LogP contribution is 1.86. The second-order valence-corrected chi connectivity index (χ2v) is 0.710. The molecule has 7 heavy (non-hydrogen) atoms. The fourth-order valence-electron chi connectivity index (χ4n) is 0. The third-order valence-electron chi connectivity index (χ3n) is 0.232. The first-order valence-corrected chi connectivity index (χ1v) is 1.22. The maximum Gasteiger partial charge on any atom is 0.364 e. The van der Waals surface area contributed by atoms with Crippen molar-refractivity contribution < 1.29 is 14.3 Å². The van der Waals surface area contributed by atoms with Crippen LogP contribution in [0.25, 0.3) is 0 Å². The van der Waals surface area contributed by atoms with Gasteiger partial charge in [-0.25, -0.2) is 4.79 Å². The fourth-order valence-corrected chi connectivity index (χ4v) is 0. The van der Waals surface area contributed by atoms with Gasteiger partial charge in [0.2, 0.25) is 5.83 Å². The summed E-state index contributed by atoms with van der Waals surface area (Å²) in [5.74, 6) is -2.93. The normalized spacial score (nSPS) is 6.43. The summed E-state index contributed by atoms with van der Waals surface area (Å²) < 4.78 is 11.0. The lowest BCUT2D eigenvalue weighted by Crippen LogP contribution is -1.90.